The van der Waals surface area contributed by atoms with Crippen molar-refractivity contribution in [1.29, 1.82) is 0 Å². The Hall–Kier alpha value is 0.742. The zero-order valence-corrected chi connectivity index (χ0v) is 7.38. The molecule has 1 aliphatic heterocycles. The van der Waals surface area contributed by atoms with Crippen LogP contribution in [0, 0.1) is 0 Å². The van der Waals surface area contributed by atoms with Gasteiger partial charge in [0.1, 0.15) is 0 Å². The molecule has 1 aliphatic rings. The molecule has 2 nitrogen and oxygen atoms in total. The number of hydrogen-bond donors (Lipinski definition) is 0. The molecule has 0 amide bonds. The highest BCUT2D eigenvalue weighted by Crippen LogP contribution is 2.14. The van der Waals surface area contributed by atoms with Crippen molar-refractivity contribution >= 4 is 23.9 Å². The number of hydrogen-bond acceptors (Lipinski definition) is 2. The van der Waals surface area contributed by atoms with Crippen LogP contribution < -0.4 is 0 Å². The first-order valence-corrected chi connectivity index (χ1v) is 5.93. The van der Waals surface area contributed by atoms with Crippen LogP contribution in [0.3, 0.4) is 0 Å². The maximum atomic E-state index is 5.64. The zero-order valence-electron chi connectivity index (χ0n) is 5.47. The molecule has 4 heteroatoms. The second-order valence-electron chi connectivity index (χ2n) is 2.15. The first-order chi connectivity index (χ1) is 4.33. The first-order valence-electron chi connectivity index (χ1n) is 3.24. The first kappa shape index (κ1) is 7.85. The molecule has 0 saturated carbocycles. The summed E-state index contributed by atoms with van der Waals surface area (Å²) in [6, 6.07) is 0. The molecule has 1 rings (SSSR count). The van der Waals surface area contributed by atoms with Gasteiger partial charge in [0.25, 0.3) is 0 Å². The predicted molar refractivity (Wildman–Crippen MR) is 37.3 cm³/mol. The fourth-order valence-corrected chi connectivity index (χ4v) is 2.50. The van der Waals surface area contributed by atoms with Crippen LogP contribution in [0.2, 0.25) is 0 Å². The topological polar surface area (TPSA) is 18.5 Å². The molecule has 1 atom stereocenters. The molecule has 0 aromatic carbocycles. The third-order valence-electron chi connectivity index (χ3n) is 1.32. The van der Waals surface area contributed by atoms with E-state index in [1.807, 2.05) is 0 Å². The third kappa shape index (κ3) is 2.45. The minimum absolute atomic E-state index is 0.296. The minimum atomic E-state index is -1.67. The van der Waals surface area contributed by atoms with E-state index in [1.165, 1.54) is 0 Å². The van der Waals surface area contributed by atoms with Crippen LogP contribution >= 0.6 is 10.0 Å². The Morgan fingerprint density at radius 1 is 1.78 bits per heavy atom. The highest BCUT2D eigenvalue weighted by molar-refractivity contribution is 6.99. The monoisotopic (exact) mass is 164 g/mol. The maximum Gasteiger partial charge on any atom is 0.813 e. The van der Waals surface area contributed by atoms with E-state index in [9.17, 15) is 0 Å². The summed E-state index contributed by atoms with van der Waals surface area (Å²) in [6.07, 6.45) is 2.52. The van der Waals surface area contributed by atoms with Gasteiger partial charge in [-0.3, -0.25) is 0 Å². The van der Waals surface area contributed by atoms with Crippen molar-refractivity contribution in [2.24, 2.45) is 0 Å². The van der Waals surface area contributed by atoms with Crippen molar-refractivity contribution in [3.05, 3.63) is 0 Å². The molecule has 1 unspecified atom stereocenters. The van der Waals surface area contributed by atoms with E-state index in [-0.39, 0.29) is 0 Å². The molecule has 0 aliphatic carbocycles. The third-order valence-corrected chi connectivity index (χ3v) is 3.06. The molecule has 9 heavy (non-hydrogen) atoms. The number of rotatable bonds is 2. The summed E-state index contributed by atoms with van der Waals surface area (Å²) in [7, 11) is 5.64. The Morgan fingerprint density at radius 2 is 2.56 bits per heavy atom. The van der Waals surface area contributed by atoms with E-state index >= 15 is 0 Å². The predicted octanol–water partition coefficient (Wildman–Crippen LogP) is 1.43. The molecule has 0 N–H and O–H groups in total. The van der Waals surface area contributed by atoms with Gasteiger partial charge in [-0.25, -0.2) is 0 Å². The molecule has 52 valence electrons. The van der Waals surface area contributed by atoms with Crippen LogP contribution in [0.4, 0.5) is 0 Å². The van der Waals surface area contributed by atoms with Gasteiger partial charge in [0.2, 0.25) is 0 Å². The lowest BCUT2D eigenvalue weighted by molar-refractivity contribution is 0.222. The van der Waals surface area contributed by atoms with Gasteiger partial charge in [0.05, 0.1) is 0 Å². The van der Waals surface area contributed by atoms with E-state index in [4.69, 9.17) is 17.6 Å². The van der Waals surface area contributed by atoms with E-state index in [1.54, 1.807) is 0 Å². The van der Waals surface area contributed by atoms with E-state index < -0.39 is 13.9 Å². The minimum Gasteiger partial charge on any atom is -0.464 e. The largest absolute Gasteiger partial charge is 0.813 e. The molecule has 0 aromatic rings. The van der Waals surface area contributed by atoms with Crippen LogP contribution in [-0.2, 0) is 7.58 Å². The molecule has 1 saturated heterocycles. The maximum absolute atomic E-state index is 5.64. The van der Waals surface area contributed by atoms with Crippen molar-refractivity contribution in [1.82, 2.24) is 0 Å². The summed E-state index contributed by atoms with van der Waals surface area (Å²) >= 11 is -1.67. The molecule has 0 bridgehead atoms. The molecule has 0 spiro atoms. The highest BCUT2D eigenvalue weighted by Gasteiger charge is 2.34. The second kappa shape index (κ2) is 3.80. The average molecular weight is 165 g/mol. The van der Waals surface area contributed by atoms with Crippen LogP contribution in [0.15, 0.2) is 0 Å². The molecule has 1 heterocycles. The van der Waals surface area contributed by atoms with Gasteiger partial charge in [-0.15, -0.1) is 0 Å². The van der Waals surface area contributed by atoms with Gasteiger partial charge < -0.3 is 7.58 Å². The SMILES string of the molecule is CCCC1C[O][Al]([Cl])[O]1. The standard InChI is InChI=1S/C5H10O2.Al.ClH/c1-2-3-5(7)4-6;;/h5H,2-4H2,1H3;;1H/q-2;+3;/p-1. The van der Waals surface area contributed by atoms with E-state index in [2.05, 4.69) is 6.92 Å². The Labute approximate surface area is 64.4 Å². The van der Waals surface area contributed by atoms with Gasteiger partial charge >= 0.3 is 13.9 Å². The fraction of sp³-hybridized carbons (Fsp3) is 1.00. The smallest absolute Gasteiger partial charge is 0.464 e. The Balaban J connectivity index is 2.14. The highest BCUT2D eigenvalue weighted by atomic mass is 35.6. The van der Waals surface area contributed by atoms with Gasteiger partial charge in [0.15, 0.2) is 0 Å². The van der Waals surface area contributed by atoms with Gasteiger partial charge in [-0.05, 0) is 6.42 Å². The Morgan fingerprint density at radius 3 is 3.00 bits per heavy atom. The van der Waals surface area contributed by atoms with Crippen molar-refractivity contribution in [3.63, 3.8) is 0 Å². The summed E-state index contributed by atoms with van der Waals surface area (Å²) in [6.45, 7) is 2.85. The van der Waals surface area contributed by atoms with Crippen molar-refractivity contribution < 1.29 is 7.58 Å². The summed E-state index contributed by atoms with van der Waals surface area (Å²) < 4.78 is 10.4. The summed E-state index contributed by atoms with van der Waals surface area (Å²) in [4.78, 5) is 0. The lowest BCUT2D eigenvalue weighted by atomic mass is 10.2. The van der Waals surface area contributed by atoms with Crippen LogP contribution in [0.1, 0.15) is 19.8 Å². The van der Waals surface area contributed by atoms with E-state index in [0.717, 1.165) is 12.8 Å². The lowest BCUT2D eigenvalue weighted by Crippen LogP contribution is -2.10. The van der Waals surface area contributed by atoms with Crippen molar-refractivity contribution in [2.45, 2.75) is 25.9 Å². The molecular formula is C5H10AlClO2. The van der Waals surface area contributed by atoms with Crippen LogP contribution in [0.25, 0.3) is 0 Å². The Bertz CT molecular complexity index is 89.0. The van der Waals surface area contributed by atoms with Crippen molar-refractivity contribution in [2.75, 3.05) is 6.61 Å². The summed E-state index contributed by atoms with van der Waals surface area (Å²) in [5.41, 5.74) is 0. The van der Waals surface area contributed by atoms with Crippen LogP contribution in [0.5, 0.6) is 0 Å². The molecule has 1 fully saturated rings. The molecule has 0 aromatic heterocycles. The Kier molecular flexibility index (Phi) is 3.31. The zero-order chi connectivity index (χ0) is 6.69. The van der Waals surface area contributed by atoms with Gasteiger partial charge in [-0.1, -0.05) is 13.3 Å². The molecule has 0 radical (unpaired) electrons. The van der Waals surface area contributed by atoms with Crippen molar-refractivity contribution in [3.8, 4) is 0 Å². The van der Waals surface area contributed by atoms with Crippen LogP contribution in [-0.4, -0.2) is 26.6 Å². The lowest BCUT2D eigenvalue weighted by Gasteiger charge is -2.05. The van der Waals surface area contributed by atoms with Gasteiger partial charge in [-0.2, -0.15) is 10.0 Å². The number of halogens is 1. The average Bonchev–Trinajstić information content (AvgIpc) is 2.17. The van der Waals surface area contributed by atoms with Gasteiger partial charge in [0, 0.05) is 12.7 Å². The summed E-state index contributed by atoms with van der Waals surface area (Å²) in [5.74, 6) is 0. The molecular weight excluding hydrogens is 154 g/mol. The quantitative estimate of drug-likeness (QED) is 0.575. The fourth-order valence-electron chi connectivity index (χ4n) is 0.886. The summed E-state index contributed by atoms with van der Waals surface area (Å²) in [5, 5.41) is 0. The normalized spacial score (nSPS) is 27.3. The van der Waals surface area contributed by atoms with E-state index in [0.29, 0.717) is 12.7 Å². The second-order valence-corrected chi connectivity index (χ2v) is 4.38.